The van der Waals surface area contributed by atoms with Gasteiger partial charge in [-0.2, -0.15) is 0 Å². The summed E-state index contributed by atoms with van der Waals surface area (Å²) in [6.07, 6.45) is 3.22. The molecule has 0 radical (unpaired) electrons. The van der Waals surface area contributed by atoms with Crippen molar-refractivity contribution in [3.8, 4) is 22.6 Å². The van der Waals surface area contributed by atoms with Gasteiger partial charge in [-0.15, -0.1) is 0 Å². The molecular formula is C14H14FNO2. The van der Waals surface area contributed by atoms with Crippen LogP contribution in [0.2, 0.25) is 0 Å². The third-order valence-corrected chi connectivity index (χ3v) is 2.71. The van der Waals surface area contributed by atoms with Gasteiger partial charge >= 0.3 is 0 Å². The van der Waals surface area contributed by atoms with E-state index in [0.717, 1.165) is 5.56 Å². The predicted molar refractivity (Wildman–Crippen MR) is 67.2 cm³/mol. The molecule has 18 heavy (non-hydrogen) atoms. The van der Waals surface area contributed by atoms with Crippen LogP contribution in [0.5, 0.6) is 11.5 Å². The molecule has 0 spiro atoms. The maximum Gasteiger partial charge on any atom is 0.194 e. The Morgan fingerprint density at radius 2 is 2.06 bits per heavy atom. The Balaban J connectivity index is 2.54. The summed E-state index contributed by atoms with van der Waals surface area (Å²) in [6, 6.07) is 4.94. The third-order valence-electron chi connectivity index (χ3n) is 2.71. The molecule has 0 bridgehead atoms. The topological polar surface area (TPSA) is 42.4 Å². The number of pyridine rings is 1. The average Bonchev–Trinajstić information content (AvgIpc) is 2.37. The second-order valence-electron chi connectivity index (χ2n) is 3.90. The molecule has 2 aromatic rings. The lowest BCUT2D eigenvalue weighted by Gasteiger charge is -2.11. The monoisotopic (exact) mass is 247 g/mol. The Kier molecular flexibility index (Phi) is 3.46. The van der Waals surface area contributed by atoms with Gasteiger partial charge in [0.1, 0.15) is 0 Å². The molecule has 1 aromatic heterocycles. The van der Waals surface area contributed by atoms with Gasteiger partial charge < -0.3 is 9.84 Å². The van der Waals surface area contributed by atoms with Gasteiger partial charge in [-0.1, -0.05) is 0 Å². The van der Waals surface area contributed by atoms with Crippen LogP contribution in [0.25, 0.3) is 11.1 Å². The van der Waals surface area contributed by atoms with E-state index >= 15 is 0 Å². The molecule has 0 amide bonds. The molecule has 3 nitrogen and oxygen atoms in total. The number of hydrogen-bond donors (Lipinski definition) is 1. The standard InChI is InChI=1S/C14H14FNO2/c1-3-18-12-5-4-10(13(15)14(12)17)11-8-16-7-6-9(11)2/h4-8,17H,3H2,1-2H3. The van der Waals surface area contributed by atoms with Crippen molar-refractivity contribution in [3.05, 3.63) is 42.0 Å². The molecule has 1 N–H and O–H groups in total. The fraction of sp³-hybridized carbons (Fsp3) is 0.214. The quantitative estimate of drug-likeness (QED) is 0.904. The van der Waals surface area contributed by atoms with Crippen LogP contribution in [-0.4, -0.2) is 16.7 Å². The summed E-state index contributed by atoms with van der Waals surface area (Å²) in [6.45, 7) is 4.01. The maximum absolute atomic E-state index is 14.1. The van der Waals surface area contributed by atoms with Crippen molar-refractivity contribution in [3.63, 3.8) is 0 Å². The van der Waals surface area contributed by atoms with Gasteiger partial charge in [-0.3, -0.25) is 4.98 Å². The van der Waals surface area contributed by atoms with Crippen LogP contribution in [0.3, 0.4) is 0 Å². The molecule has 0 unspecified atom stereocenters. The average molecular weight is 247 g/mol. The zero-order valence-corrected chi connectivity index (χ0v) is 10.3. The van der Waals surface area contributed by atoms with Crippen LogP contribution in [0.1, 0.15) is 12.5 Å². The lowest BCUT2D eigenvalue weighted by molar-refractivity contribution is 0.310. The van der Waals surface area contributed by atoms with Crippen LogP contribution in [0.4, 0.5) is 4.39 Å². The Bertz CT molecular complexity index is 570. The van der Waals surface area contributed by atoms with Crippen molar-refractivity contribution in [2.75, 3.05) is 6.61 Å². The first-order valence-corrected chi connectivity index (χ1v) is 5.70. The molecule has 0 aliphatic heterocycles. The second-order valence-corrected chi connectivity index (χ2v) is 3.90. The van der Waals surface area contributed by atoms with E-state index in [1.54, 1.807) is 37.5 Å². The van der Waals surface area contributed by atoms with E-state index in [2.05, 4.69) is 4.98 Å². The van der Waals surface area contributed by atoms with E-state index < -0.39 is 11.6 Å². The second kappa shape index (κ2) is 5.04. The summed E-state index contributed by atoms with van der Waals surface area (Å²) in [7, 11) is 0. The minimum absolute atomic E-state index is 0.153. The Morgan fingerprint density at radius 1 is 1.28 bits per heavy atom. The van der Waals surface area contributed by atoms with Crippen molar-refractivity contribution in [2.45, 2.75) is 13.8 Å². The molecule has 0 aliphatic carbocycles. The van der Waals surface area contributed by atoms with Crippen molar-refractivity contribution in [2.24, 2.45) is 0 Å². The van der Waals surface area contributed by atoms with E-state index in [-0.39, 0.29) is 5.75 Å². The molecule has 94 valence electrons. The van der Waals surface area contributed by atoms with Gasteiger partial charge in [0, 0.05) is 23.5 Å². The third kappa shape index (κ3) is 2.14. The van der Waals surface area contributed by atoms with E-state index in [0.29, 0.717) is 17.7 Å². The number of aromatic hydroxyl groups is 1. The molecule has 2 rings (SSSR count). The number of benzene rings is 1. The lowest BCUT2D eigenvalue weighted by Crippen LogP contribution is -1.95. The predicted octanol–water partition coefficient (Wildman–Crippen LogP) is 3.30. The van der Waals surface area contributed by atoms with Crippen LogP contribution in [-0.2, 0) is 0 Å². The largest absolute Gasteiger partial charge is 0.502 e. The molecule has 0 fully saturated rings. The highest BCUT2D eigenvalue weighted by molar-refractivity contribution is 5.70. The summed E-state index contributed by atoms with van der Waals surface area (Å²) in [5.74, 6) is -0.991. The highest BCUT2D eigenvalue weighted by atomic mass is 19.1. The molecule has 0 saturated heterocycles. The van der Waals surface area contributed by atoms with Gasteiger partial charge in [0.2, 0.25) is 0 Å². The highest BCUT2D eigenvalue weighted by Gasteiger charge is 2.15. The highest BCUT2D eigenvalue weighted by Crippen LogP contribution is 2.36. The lowest BCUT2D eigenvalue weighted by atomic mass is 10.0. The number of aromatic nitrogens is 1. The maximum atomic E-state index is 14.1. The number of nitrogens with zero attached hydrogens (tertiary/aromatic N) is 1. The number of rotatable bonds is 3. The Morgan fingerprint density at radius 3 is 2.72 bits per heavy atom. The van der Waals surface area contributed by atoms with E-state index in [1.807, 2.05) is 6.92 Å². The van der Waals surface area contributed by atoms with Gasteiger partial charge in [-0.25, -0.2) is 4.39 Å². The molecule has 4 heteroatoms. The molecule has 0 saturated carbocycles. The summed E-state index contributed by atoms with van der Waals surface area (Å²) in [5.41, 5.74) is 1.88. The SMILES string of the molecule is CCOc1ccc(-c2cnccc2C)c(F)c1O. The first kappa shape index (κ1) is 12.4. The molecule has 0 atom stereocenters. The van der Waals surface area contributed by atoms with Crippen LogP contribution in [0, 0.1) is 12.7 Å². The van der Waals surface area contributed by atoms with E-state index in [1.165, 1.54) is 0 Å². The molecule has 1 heterocycles. The van der Waals surface area contributed by atoms with Crippen LogP contribution >= 0.6 is 0 Å². The number of ether oxygens (including phenoxy) is 1. The van der Waals surface area contributed by atoms with Gasteiger partial charge in [0.15, 0.2) is 17.3 Å². The zero-order valence-electron chi connectivity index (χ0n) is 10.3. The minimum Gasteiger partial charge on any atom is -0.502 e. The van der Waals surface area contributed by atoms with E-state index in [9.17, 15) is 9.50 Å². The first-order chi connectivity index (χ1) is 8.65. The smallest absolute Gasteiger partial charge is 0.194 e. The number of phenolic OH excluding ortho intramolecular Hbond substituents is 1. The van der Waals surface area contributed by atoms with Gasteiger partial charge in [-0.05, 0) is 37.6 Å². The van der Waals surface area contributed by atoms with E-state index in [4.69, 9.17) is 4.74 Å². The Labute approximate surface area is 105 Å². The van der Waals surface area contributed by atoms with Crippen LogP contribution in [0.15, 0.2) is 30.6 Å². The summed E-state index contributed by atoms with van der Waals surface area (Å²) >= 11 is 0. The van der Waals surface area contributed by atoms with Crippen molar-refractivity contribution >= 4 is 0 Å². The zero-order chi connectivity index (χ0) is 13.1. The molecular weight excluding hydrogens is 233 g/mol. The molecule has 0 aliphatic rings. The summed E-state index contributed by atoms with van der Waals surface area (Å²) in [4.78, 5) is 3.97. The first-order valence-electron chi connectivity index (χ1n) is 5.70. The summed E-state index contributed by atoms with van der Waals surface area (Å²) in [5, 5.41) is 9.74. The van der Waals surface area contributed by atoms with Crippen LogP contribution < -0.4 is 4.74 Å². The minimum atomic E-state index is -0.683. The van der Waals surface area contributed by atoms with Gasteiger partial charge in [0.05, 0.1) is 6.61 Å². The summed E-state index contributed by atoms with van der Waals surface area (Å²) < 4.78 is 19.2. The normalized spacial score (nSPS) is 10.4. The fourth-order valence-corrected chi connectivity index (χ4v) is 1.77. The number of halogens is 1. The number of hydrogen-bond acceptors (Lipinski definition) is 3. The van der Waals surface area contributed by atoms with Crippen molar-refractivity contribution < 1.29 is 14.2 Å². The van der Waals surface area contributed by atoms with Crippen molar-refractivity contribution in [1.82, 2.24) is 4.98 Å². The van der Waals surface area contributed by atoms with Gasteiger partial charge in [0.25, 0.3) is 0 Å². The number of phenols is 1. The number of aryl methyl sites for hydroxylation is 1. The Hall–Kier alpha value is -2.10. The molecule has 1 aromatic carbocycles. The van der Waals surface area contributed by atoms with Crippen molar-refractivity contribution in [1.29, 1.82) is 0 Å². The fourth-order valence-electron chi connectivity index (χ4n) is 1.77.